The fourth-order valence-electron chi connectivity index (χ4n) is 2.74. The number of hydrogen-bond acceptors (Lipinski definition) is 4. The summed E-state index contributed by atoms with van der Waals surface area (Å²) in [5.74, 6) is -0.124. The van der Waals surface area contributed by atoms with Gasteiger partial charge >= 0.3 is 0 Å². The normalized spacial score (nSPS) is 14.2. The van der Waals surface area contributed by atoms with Crippen LogP contribution in [0.2, 0.25) is 0 Å². The number of carbonyl (C=O) groups is 1. The smallest absolute Gasteiger partial charge is 0.251 e. The molecule has 1 aliphatic rings. The summed E-state index contributed by atoms with van der Waals surface area (Å²) in [6.45, 7) is 8.03. The van der Waals surface area contributed by atoms with Crippen LogP contribution in [-0.2, 0) is 35.7 Å². The lowest BCUT2D eigenvalue weighted by Gasteiger charge is -2.20. The number of nitrogens with zero attached hydrogens (tertiary/aromatic N) is 1. The van der Waals surface area contributed by atoms with Crippen molar-refractivity contribution >= 4 is 5.91 Å². The Bertz CT molecular complexity index is 747. The molecule has 2 aromatic rings. The molecule has 1 aliphatic heterocycles. The molecular weight excluding hydrogens is 318 g/mol. The molecule has 2 heterocycles. The van der Waals surface area contributed by atoms with E-state index >= 15 is 0 Å². The molecule has 1 amide bonds. The van der Waals surface area contributed by atoms with Crippen LogP contribution in [0.5, 0.6) is 0 Å². The Hall–Kier alpha value is -2.18. The summed E-state index contributed by atoms with van der Waals surface area (Å²) in [6.07, 6.45) is 0.837. The largest absolute Gasteiger partial charge is 0.376 e. The molecular formula is C19H25N3O3. The molecule has 2 N–H and O–H groups in total. The lowest BCUT2D eigenvalue weighted by molar-refractivity contribution is -0.0152. The van der Waals surface area contributed by atoms with Gasteiger partial charge in [0.25, 0.3) is 5.91 Å². The average molecular weight is 343 g/mol. The van der Waals surface area contributed by atoms with Crippen LogP contribution in [0, 0.1) is 0 Å². The minimum absolute atomic E-state index is 0.124. The van der Waals surface area contributed by atoms with Gasteiger partial charge in [0.05, 0.1) is 37.7 Å². The number of benzene rings is 1. The predicted octanol–water partition coefficient (Wildman–Crippen LogP) is 2.73. The first-order chi connectivity index (χ1) is 11.9. The lowest BCUT2D eigenvalue weighted by Crippen LogP contribution is -2.26. The Balaban J connectivity index is 1.66. The topological polar surface area (TPSA) is 76.2 Å². The molecule has 25 heavy (non-hydrogen) atoms. The maximum Gasteiger partial charge on any atom is 0.251 e. The molecule has 0 unspecified atom stereocenters. The molecule has 1 aromatic heterocycles. The van der Waals surface area contributed by atoms with Crippen LogP contribution >= 0.6 is 0 Å². The summed E-state index contributed by atoms with van der Waals surface area (Å²) >= 11 is 0. The maximum atomic E-state index is 12.6. The van der Waals surface area contributed by atoms with Crippen molar-refractivity contribution in [3.05, 3.63) is 52.3 Å². The monoisotopic (exact) mass is 343 g/mol. The molecule has 0 radical (unpaired) electrons. The van der Waals surface area contributed by atoms with Gasteiger partial charge in [-0.15, -0.1) is 0 Å². The molecule has 0 aliphatic carbocycles. The zero-order valence-corrected chi connectivity index (χ0v) is 15.0. The highest BCUT2D eigenvalue weighted by molar-refractivity contribution is 5.95. The van der Waals surface area contributed by atoms with E-state index < -0.39 is 0 Å². The number of amides is 1. The van der Waals surface area contributed by atoms with Crippen LogP contribution in [0.4, 0.5) is 0 Å². The molecule has 0 fully saturated rings. The molecule has 3 rings (SSSR count). The number of ether oxygens (including phenoxy) is 2. The second-order valence-electron chi connectivity index (χ2n) is 7.17. The number of carbonyl (C=O) groups excluding carboxylic acids is 1. The number of rotatable bonds is 5. The van der Waals surface area contributed by atoms with Gasteiger partial charge in [0, 0.05) is 23.2 Å². The molecule has 134 valence electrons. The molecule has 6 heteroatoms. The van der Waals surface area contributed by atoms with Crippen LogP contribution in [0.1, 0.15) is 53.6 Å². The van der Waals surface area contributed by atoms with Crippen molar-refractivity contribution in [1.82, 2.24) is 15.5 Å². The first-order valence-corrected chi connectivity index (χ1v) is 8.57. The Morgan fingerprint density at radius 3 is 2.96 bits per heavy atom. The number of nitrogens with one attached hydrogen (secondary N) is 2. The first kappa shape index (κ1) is 17.6. The Kier molecular flexibility index (Phi) is 5.20. The molecule has 0 bridgehead atoms. The molecule has 1 aromatic carbocycles. The van der Waals surface area contributed by atoms with E-state index in [0.717, 1.165) is 28.9 Å². The summed E-state index contributed by atoms with van der Waals surface area (Å²) in [4.78, 5) is 12.6. The summed E-state index contributed by atoms with van der Waals surface area (Å²) in [7, 11) is 0. The third kappa shape index (κ3) is 4.46. The van der Waals surface area contributed by atoms with Gasteiger partial charge in [-0.05, 0) is 32.4 Å². The molecule has 0 saturated heterocycles. The Morgan fingerprint density at radius 2 is 2.16 bits per heavy atom. The van der Waals surface area contributed by atoms with Crippen molar-refractivity contribution in [2.24, 2.45) is 0 Å². The number of aromatic amines is 1. The van der Waals surface area contributed by atoms with Gasteiger partial charge < -0.3 is 14.8 Å². The van der Waals surface area contributed by atoms with Crippen molar-refractivity contribution in [2.75, 3.05) is 6.61 Å². The van der Waals surface area contributed by atoms with Crippen molar-refractivity contribution in [2.45, 2.75) is 52.6 Å². The number of H-pyrrole nitrogens is 1. The Labute approximate surface area is 147 Å². The van der Waals surface area contributed by atoms with Crippen molar-refractivity contribution in [1.29, 1.82) is 0 Å². The highest BCUT2D eigenvalue weighted by atomic mass is 16.5. The van der Waals surface area contributed by atoms with Gasteiger partial charge in [-0.3, -0.25) is 9.89 Å². The zero-order chi connectivity index (χ0) is 17.9. The van der Waals surface area contributed by atoms with Gasteiger partial charge in [0.15, 0.2) is 0 Å². The fourth-order valence-corrected chi connectivity index (χ4v) is 2.74. The van der Waals surface area contributed by atoms with Crippen LogP contribution in [0.25, 0.3) is 0 Å². The fraction of sp³-hybridized carbons (Fsp3) is 0.474. The number of fused-ring (bicyclic) bond motifs is 1. The van der Waals surface area contributed by atoms with Gasteiger partial charge in [0.2, 0.25) is 0 Å². The van der Waals surface area contributed by atoms with Gasteiger partial charge in [-0.2, -0.15) is 5.10 Å². The van der Waals surface area contributed by atoms with E-state index in [1.807, 2.05) is 45.0 Å². The Morgan fingerprint density at radius 1 is 1.36 bits per heavy atom. The van der Waals surface area contributed by atoms with Crippen LogP contribution < -0.4 is 5.32 Å². The van der Waals surface area contributed by atoms with E-state index in [4.69, 9.17) is 9.47 Å². The van der Waals surface area contributed by atoms with E-state index in [1.54, 1.807) is 0 Å². The van der Waals surface area contributed by atoms with Gasteiger partial charge in [0.1, 0.15) is 0 Å². The lowest BCUT2D eigenvalue weighted by atomic mass is 10.1. The van der Waals surface area contributed by atoms with Crippen molar-refractivity contribution < 1.29 is 14.3 Å². The van der Waals surface area contributed by atoms with E-state index in [2.05, 4.69) is 15.5 Å². The standard InChI is InChI=1S/C19H25N3O3/c1-19(2,3)25-11-13-6-4-5-7-14(13)18(23)20-10-17-15-12-24-9-8-16(15)21-22-17/h4-7H,8-12H2,1-3H3,(H,20,23)(H,21,22). The second kappa shape index (κ2) is 7.37. The molecule has 0 atom stereocenters. The molecule has 6 nitrogen and oxygen atoms in total. The van der Waals surface area contributed by atoms with Crippen molar-refractivity contribution in [3.8, 4) is 0 Å². The third-order valence-electron chi connectivity index (χ3n) is 4.12. The van der Waals surface area contributed by atoms with E-state index in [0.29, 0.717) is 31.9 Å². The number of hydrogen-bond donors (Lipinski definition) is 2. The zero-order valence-electron chi connectivity index (χ0n) is 15.0. The van der Waals surface area contributed by atoms with Crippen LogP contribution in [0.15, 0.2) is 24.3 Å². The van der Waals surface area contributed by atoms with Crippen LogP contribution in [0.3, 0.4) is 0 Å². The predicted molar refractivity (Wildman–Crippen MR) is 94.1 cm³/mol. The summed E-state index contributed by atoms with van der Waals surface area (Å²) < 4.78 is 11.3. The number of aromatic nitrogens is 2. The maximum absolute atomic E-state index is 12.6. The highest BCUT2D eigenvalue weighted by Crippen LogP contribution is 2.19. The van der Waals surface area contributed by atoms with Crippen molar-refractivity contribution in [3.63, 3.8) is 0 Å². The van der Waals surface area contributed by atoms with E-state index in [1.165, 1.54) is 0 Å². The second-order valence-corrected chi connectivity index (χ2v) is 7.17. The first-order valence-electron chi connectivity index (χ1n) is 8.57. The minimum atomic E-state index is -0.252. The van der Waals surface area contributed by atoms with Gasteiger partial charge in [-0.25, -0.2) is 0 Å². The van der Waals surface area contributed by atoms with E-state index in [-0.39, 0.29) is 11.5 Å². The minimum Gasteiger partial charge on any atom is -0.376 e. The van der Waals surface area contributed by atoms with E-state index in [9.17, 15) is 4.79 Å². The highest BCUT2D eigenvalue weighted by Gasteiger charge is 2.19. The summed E-state index contributed by atoms with van der Waals surface area (Å²) in [5, 5.41) is 10.3. The van der Waals surface area contributed by atoms with Gasteiger partial charge in [-0.1, -0.05) is 18.2 Å². The quantitative estimate of drug-likeness (QED) is 0.875. The summed E-state index contributed by atoms with van der Waals surface area (Å²) in [6, 6.07) is 7.52. The molecule has 0 spiro atoms. The summed E-state index contributed by atoms with van der Waals surface area (Å²) in [5.41, 5.74) is 4.27. The van der Waals surface area contributed by atoms with Crippen LogP contribution in [-0.4, -0.2) is 28.3 Å². The SMILES string of the molecule is CC(C)(C)OCc1ccccc1C(=O)NCc1n[nH]c2c1COCC2. The average Bonchev–Trinajstić information content (AvgIpc) is 3.01. The molecule has 0 saturated carbocycles. The third-order valence-corrected chi connectivity index (χ3v) is 4.12.